The van der Waals surface area contributed by atoms with E-state index in [0.717, 1.165) is 28.5 Å². The van der Waals surface area contributed by atoms with E-state index in [1.807, 2.05) is 36.4 Å². The van der Waals surface area contributed by atoms with Gasteiger partial charge in [-0.1, -0.05) is 48.5 Å². The second-order valence-corrected chi connectivity index (χ2v) is 6.74. The van der Waals surface area contributed by atoms with Crippen molar-refractivity contribution in [2.24, 2.45) is 0 Å². The van der Waals surface area contributed by atoms with Crippen LogP contribution in [0.15, 0.2) is 54.7 Å². The highest BCUT2D eigenvalue weighted by Crippen LogP contribution is 2.44. The minimum absolute atomic E-state index is 0.0243. The van der Waals surface area contributed by atoms with Crippen molar-refractivity contribution >= 4 is 18.0 Å². The van der Waals surface area contributed by atoms with Crippen molar-refractivity contribution < 1.29 is 24.2 Å². The number of nitrogens with zero attached hydrogens (tertiary/aromatic N) is 2. The first-order chi connectivity index (χ1) is 14.6. The lowest BCUT2D eigenvalue weighted by Crippen LogP contribution is -2.20. The molecule has 0 fully saturated rings. The summed E-state index contributed by atoms with van der Waals surface area (Å²) in [7, 11) is 1.42. The molecule has 1 amide bonds. The fourth-order valence-corrected chi connectivity index (χ4v) is 3.63. The predicted octanol–water partition coefficient (Wildman–Crippen LogP) is 3.68. The van der Waals surface area contributed by atoms with E-state index in [9.17, 15) is 14.7 Å². The standard InChI is InChI=1S/C22H19N3O5/c1-29-12-19-17(20(26)27)10-23-21(24-19)25-22(28)30-11-18-15-8-4-2-6-13(15)14-7-3-5-9-16(14)18/h2-10,18H,11-12H2,1H3,(H,26,27)(H,23,24,25,28). The van der Waals surface area contributed by atoms with Crippen LogP contribution in [-0.4, -0.2) is 40.9 Å². The number of hydrogen-bond donors (Lipinski definition) is 2. The van der Waals surface area contributed by atoms with Gasteiger partial charge in [-0.2, -0.15) is 0 Å². The molecule has 1 aliphatic rings. The first-order valence-electron chi connectivity index (χ1n) is 9.28. The summed E-state index contributed by atoms with van der Waals surface area (Å²) in [6, 6.07) is 16.1. The summed E-state index contributed by atoms with van der Waals surface area (Å²) in [5.74, 6) is -1.29. The normalized spacial score (nSPS) is 12.2. The quantitative estimate of drug-likeness (QED) is 0.643. The number of carboxylic acid groups (broad SMARTS) is 1. The maximum Gasteiger partial charge on any atom is 0.414 e. The van der Waals surface area contributed by atoms with Gasteiger partial charge in [0.15, 0.2) is 0 Å². The molecule has 1 heterocycles. The molecule has 152 valence electrons. The van der Waals surface area contributed by atoms with E-state index < -0.39 is 12.1 Å². The molecule has 1 aliphatic carbocycles. The Kier molecular flexibility index (Phi) is 5.40. The van der Waals surface area contributed by atoms with Crippen LogP contribution in [0.4, 0.5) is 10.7 Å². The van der Waals surface area contributed by atoms with Gasteiger partial charge in [0.05, 0.1) is 12.3 Å². The van der Waals surface area contributed by atoms with E-state index in [1.54, 1.807) is 0 Å². The fraction of sp³-hybridized carbons (Fsp3) is 0.182. The second-order valence-electron chi connectivity index (χ2n) is 6.74. The van der Waals surface area contributed by atoms with Crippen LogP contribution < -0.4 is 5.32 Å². The molecule has 0 unspecified atom stereocenters. The summed E-state index contributed by atoms with van der Waals surface area (Å²) in [6.07, 6.45) is 0.409. The van der Waals surface area contributed by atoms with Crippen LogP contribution in [0.5, 0.6) is 0 Å². The zero-order valence-corrected chi connectivity index (χ0v) is 16.2. The summed E-state index contributed by atoms with van der Waals surface area (Å²) >= 11 is 0. The monoisotopic (exact) mass is 405 g/mol. The highest BCUT2D eigenvalue weighted by molar-refractivity contribution is 5.89. The lowest BCUT2D eigenvalue weighted by Gasteiger charge is -2.14. The number of anilines is 1. The van der Waals surface area contributed by atoms with Gasteiger partial charge < -0.3 is 14.6 Å². The Morgan fingerprint density at radius 2 is 1.70 bits per heavy atom. The summed E-state index contributed by atoms with van der Waals surface area (Å²) in [6.45, 7) is 0.127. The molecule has 0 bridgehead atoms. The Balaban J connectivity index is 1.47. The molecule has 2 aromatic carbocycles. The summed E-state index contributed by atoms with van der Waals surface area (Å²) < 4.78 is 10.4. The number of hydrogen-bond acceptors (Lipinski definition) is 6. The van der Waals surface area contributed by atoms with Crippen molar-refractivity contribution in [2.45, 2.75) is 12.5 Å². The summed E-state index contributed by atoms with van der Waals surface area (Å²) in [5.41, 5.74) is 4.56. The van der Waals surface area contributed by atoms with Crippen LogP contribution in [0.1, 0.15) is 33.1 Å². The van der Waals surface area contributed by atoms with Gasteiger partial charge in [0.1, 0.15) is 12.2 Å². The molecule has 2 N–H and O–H groups in total. The number of carbonyl (C=O) groups is 2. The van der Waals surface area contributed by atoms with Crippen LogP contribution in [0, 0.1) is 0 Å². The number of aromatic carboxylic acids is 1. The number of benzene rings is 2. The predicted molar refractivity (Wildman–Crippen MR) is 108 cm³/mol. The highest BCUT2D eigenvalue weighted by atomic mass is 16.5. The van der Waals surface area contributed by atoms with Gasteiger partial charge in [-0.25, -0.2) is 19.6 Å². The smallest absolute Gasteiger partial charge is 0.414 e. The molecule has 0 radical (unpaired) electrons. The van der Waals surface area contributed by atoms with Crippen LogP contribution in [0.2, 0.25) is 0 Å². The molecule has 0 atom stereocenters. The van der Waals surface area contributed by atoms with E-state index in [0.29, 0.717) is 0 Å². The third-order valence-corrected chi connectivity index (χ3v) is 4.94. The lowest BCUT2D eigenvalue weighted by molar-refractivity contribution is 0.0690. The van der Waals surface area contributed by atoms with Crippen molar-refractivity contribution in [3.8, 4) is 11.1 Å². The number of ether oxygens (including phenoxy) is 2. The van der Waals surface area contributed by atoms with Crippen molar-refractivity contribution in [1.29, 1.82) is 0 Å². The molecule has 3 aromatic rings. The van der Waals surface area contributed by atoms with Crippen LogP contribution in [-0.2, 0) is 16.1 Å². The highest BCUT2D eigenvalue weighted by Gasteiger charge is 2.29. The minimum Gasteiger partial charge on any atom is -0.478 e. The lowest BCUT2D eigenvalue weighted by atomic mass is 9.98. The maximum absolute atomic E-state index is 12.3. The zero-order valence-electron chi connectivity index (χ0n) is 16.2. The first kappa shape index (κ1) is 19.5. The number of amides is 1. The molecule has 0 aliphatic heterocycles. The van der Waals surface area contributed by atoms with Crippen molar-refractivity contribution in [2.75, 3.05) is 19.0 Å². The number of aromatic nitrogens is 2. The van der Waals surface area contributed by atoms with Gasteiger partial charge in [0, 0.05) is 19.2 Å². The third-order valence-electron chi connectivity index (χ3n) is 4.94. The summed E-state index contributed by atoms with van der Waals surface area (Å²) in [4.78, 5) is 31.5. The number of carbonyl (C=O) groups excluding carboxylic acids is 1. The molecule has 0 saturated heterocycles. The maximum atomic E-state index is 12.3. The topological polar surface area (TPSA) is 111 Å². The molecule has 8 nitrogen and oxygen atoms in total. The number of rotatable bonds is 6. The van der Waals surface area contributed by atoms with E-state index in [1.165, 1.54) is 7.11 Å². The molecular weight excluding hydrogens is 386 g/mol. The SMILES string of the molecule is COCc1nc(NC(=O)OCC2c3ccccc3-c3ccccc32)ncc1C(=O)O. The number of fused-ring (bicyclic) bond motifs is 3. The Morgan fingerprint density at radius 1 is 1.07 bits per heavy atom. The second kappa shape index (κ2) is 8.30. The van der Waals surface area contributed by atoms with Crippen molar-refractivity contribution in [1.82, 2.24) is 9.97 Å². The molecular formula is C22H19N3O5. The van der Waals surface area contributed by atoms with Crippen molar-refractivity contribution in [3.05, 3.63) is 77.1 Å². The third kappa shape index (κ3) is 3.72. The fourth-order valence-electron chi connectivity index (χ4n) is 3.63. The van der Waals surface area contributed by atoms with Gasteiger partial charge in [0.25, 0.3) is 0 Å². The Hall–Kier alpha value is -3.78. The largest absolute Gasteiger partial charge is 0.478 e. The van der Waals surface area contributed by atoms with E-state index >= 15 is 0 Å². The van der Waals surface area contributed by atoms with E-state index in [2.05, 4.69) is 27.4 Å². The average molecular weight is 405 g/mol. The van der Waals surface area contributed by atoms with Crippen molar-refractivity contribution in [3.63, 3.8) is 0 Å². The summed E-state index contributed by atoms with van der Waals surface area (Å²) in [5, 5.41) is 11.6. The van der Waals surface area contributed by atoms with Gasteiger partial charge in [-0.15, -0.1) is 0 Å². The van der Waals surface area contributed by atoms with Gasteiger partial charge >= 0.3 is 12.1 Å². The molecule has 4 rings (SSSR count). The first-order valence-corrected chi connectivity index (χ1v) is 9.28. The minimum atomic E-state index is -1.17. The van der Waals surface area contributed by atoms with Crippen LogP contribution in [0.25, 0.3) is 11.1 Å². The number of nitrogens with one attached hydrogen (secondary N) is 1. The number of methoxy groups -OCH3 is 1. The van der Waals surface area contributed by atoms with Crippen LogP contribution >= 0.6 is 0 Å². The van der Waals surface area contributed by atoms with E-state index in [-0.39, 0.29) is 36.3 Å². The Labute approximate surface area is 172 Å². The van der Waals surface area contributed by atoms with Gasteiger partial charge in [0.2, 0.25) is 5.95 Å². The zero-order chi connectivity index (χ0) is 21.1. The Bertz CT molecular complexity index is 1070. The molecule has 8 heteroatoms. The van der Waals surface area contributed by atoms with Gasteiger partial charge in [-0.05, 0) is 22.3 Å². The molecule has 1 aromatic heterocycles. The Morgan fingerprint density at radius 3 is 2.30 bits per heavy atom. The average Bonchev–Trinajstić information content (AvgIpc) is 3.06. The number of carboxylic acids is 1. The van der Waals surface area contributed by atoms with Gasteiger partial charge in [-0.3, -0.25) is 5.32 Å². The van der Waals surface area contributed by atoms with E-state index in [4.69, 9.17) is 9.47 Å². The molecule has 0 saturated carbocycles. The molecule has 30 heavy (non-hydrogen) atoms. The molecule has 0 spiro atoms. The van der Waals surface area contributed by atoms with Crippen LogP contribution in [0.3, 0.4) is 0 Å².